The molecule has 0 unspecified atom stereocenters. The minimum Gasteiger partial charge on any atom is -0.496 e. The van der Waals surface area contributed by atoms with E-state index in [9.17, 15) is 8.42 Å². The Balaban J connectivity index is 1.63. The third-order valence-corrected chi connectivity index (χ3v) is 6.25. The van der Waals surface area contributed by atoms with Gasteiger partial charge in [0, 0.05) is 17.7 Å². The number of methoxy groups -OCH3 is 1. The van der Waals surface area contributed by atoms with Gasteiger partial charge in [-0.25, -0.2) is 13.1 Å². The standard InChI is InChI=1S/C23H21N3O4S/c1-16-11-13-17(14-12-16)22-25-23(30-26-22)19-8-4-6-10-21(19)31(27,28)24-15-18-7-3-5-9-20(18)29-2/h3-14,24H,15H2,1-2H3. The Bertz CT molecular complexity index is 1300. The highest BCUT2D eigenvalue weighted by atomic mass is 32.2. The van der Waals surface area contributed by atoms with E-state index in [1.807, 2.05) is 43.3 Å². The predicted molar refractivity (Wildman–Crippen MR) is 117 cm³/mol. The zero-order valence-corrected chi connectivity index (χ0v) is 17.9. The number of benzene rings is 3. The van der Waals surface area contributed by atoms with E-state index in [1.54, 1.807) is 37.4 Å². The normalized spacial score (nSPS) is 11.4. The molecule has 1 heterocycles. The Hall–Kier alpha value is -3.49. The van der Waals surface area contributed by atoms with Gasteiger partial charge in [0.05, 0.1) is 17.6 Å². The van der Waals surface area contributed by atoms with Crippen molar-refractivity contribution in [3.8, 4) is 28.6 Å². The van der Waals surface area contributed by atoms with Crippen molar-refractivity contribution in [3.05, 3.63) is 83.9 Å². The molecule has 31 heavy (non-hydrogen) atoms. The Morgan fingerprint density at radius 3 is 2.45 bits per heavy atom. The quantitative estimate of drug-likeness (QED) is 0.468. The molecule has 158 valence electrons. The molecule has 4 aromatic rings. The monoisotopic (exact) mass is 435 g/mol. The SMILES string of the molecule is COc1ccccc1CNS(=O)(=O)c1ccccc1-c1nc(-c2ccc(C)cc2)no1. The lowest BCUT2D eigenvalue weighted by molar-refractivity contribution is 0.409. The lowest BCUT2D eigenvalue weighted by atomic mass is 10.1. The van der Waals surface area contributed by atoms with Crippen molar-refractivity contribution in [2.24, 2.45) is 0 Å². The van der Waals surface area contributed by atoms with Crippen molar-refractivity contribution in [3.63, 3.8) is 0 Å². The van der Waals surface area contributed by atoms with Crippen molar-refractivity contribution in [2.45, 2.75) is 18.4 Å². The van der Waals surface area contributed by atoms with Crippen molar-refractivity contribution < 1.29 is 17.7 Å². The molecule has 8 heteroatoms. The van der Waals surface area contributed by atoms with Gasteiger partial charge in [0.2, 0.25) is 15.8 Å². The highest BCUT2D eigenvalue weighted by molar-refractivity contribution is 7.89. The van der Waals surface area contributed by atoms with Crippen LogP contribution in [0.15, 0.2) is 82.2 Å². The first-order valence-electron chi connectivity index (χ1n) is 9.59. The van der Waals surface area contributed by atoms with Gasteiger partial charge in [-0.15, -0.1) is 0 Å². The van der Waals surface area contributed by atoms with Crippen molar-refractivity contribution in [1.29, 1.82) is 0 Å². The van der Waals surface area contributed by atoms with Crippen LogP contribution in [0.2, 0.25) is 0 Å². The second kappa shape index (κ2) is 8.71. The lowest BCUT2D eigenvalue weighted by Gasteiger charge is -2.11. The fraction of sp³-hybridized carbons (Fsp3) is 0.130. The Labute approximate surface area is 180 Å². The third-order valence-electron chi connectivity index (χ3n) is 4.79. The second-order valence-electron chi connectivity index (χ2n) is 6.92. The highest BCUT2D eigenvalue weighted by Gasteiger charge is 2.23. The van der Waals surface area contributed by atoms with Gasteiger partial charge in [-0.3, -0.25) is 0 Å². The fourth-order valence-electron chi connectivity index (χ4n) is 3.13. The second-order valence-corrected chi connectivity index (χ2v) is 8.66. The molecule has 0 aliphatic carbocycles. The molecular formula is C23H21N3O4S. The molecule has 0 aliphatic heterocycles. The Morgan fingerprint density at radius 2 is 1.68 bits per heavy atom. The number of nitrogens with one attached hydrogen (secondary N) is 1. The van der Waals surface area contributed by atoms with Crippen LogP contribution in [0.1, 0.15) is 11.1 Å². The molecule has 1 N–H and O–H groups in total. The Morgan fingerprint density at radius 1 is 0.968 bits per heavy atom. The summed E-state index contributed by atoms with van der Waals surface area (Å²) in [6.45, 7) is 2.07. The number of aromatic nitrogens is 2. The Kier molecular flexibility index (Phi) is 5.83. The summed E-state index contributed by atoms with van der Waals surface area (Å²) in [6, 6.07) is 21.4. The molecule has 1 aromatic heterocycles. The number of hydrogen-bond acceptors (Lipinski definition) is 6. The number of aryl methyl sites for hydroxylation is 1. The number of sulfonamides is 1. The average molecular weight is 436 g/mol. The van der Waals surface area contributed by atoms with Gasteiger partial charge in [-0.2, -0.15) is 4.98 Å². The van der Waals surface area contributed by atoms with Crippen LogP contribution in [-0.4, -0.2) is 25.7 Å². The molecule has 0 fully saturated rings. The first-order chi connectivity index (χ1) is 15.0. The van der Waals surface area contributed by atoms with E-state index in [0.29, 0.717) is 17.1 Å². The molecule has 0 atom stereocenters. The van der Waals surface area contributed by atoms with Gasteiger partial charge >= 0.3 is 0 Å². The van der Waals surface area contributed by atoms with Crippen LogP contribution in [0.3, 0.4) is 0 Å². The van der Waals surface area contributed by atoms with Crippen LogP contribution in [0.5, 0.6) is 5.75 Å². The van der Waals surface area contributed by atoms with E-state index in [0.717, 1.165) is 16.7 Å². The molecule has 4 rings (SSSR count). The van der Waals surface area contributed by atoms with Crippen LogP contribution in [0.4, 0.5) is 0 Å². The number of rotatable bonds is 7. The largest absolute Gasteiger partial charge is 0.496 e. The van der Waals surface area contributed by atoms with Gasteiger partial charge in [-0.1, -0.05) is 65.3 Å². The number of nitrogens with zero attached hydrogens (tertiary/aromatic N) is 2. The zero-order valence-electron chi connectivity index (χ0n) is 17.1. The summed E-state index contributed by atoms with van der Waals surface area (Å²) < 4.78 is 39.5. The molecule has 0 radical (unpaired) electrons. The zero-order chi connectivity index (χ0) is 21.8. The van der Waals surface area contributed by atoms with E-state index in [-0.39, 0.29) is 17.3 Å². The van der Waals surface area contributed by atoms with E-state index in [2.05, 4.69) is 14.9 Å². The molecule has 0 saturated carbocycles. The van der Waals surface area contributed by atoms with Gasteiger partial charge in [0.15, 0.2) is 0 Å². The van der Waals surface area contributed by atoms with E-state index in [4.69, 9.17) is 9.26 Å². The lowest BCUT2D eigenvalue weighted by Crippen LogP contribution is -2.24. The third kappa shape index (κ3) is 4.50. The number of para-hydroxylation sites is 1. The van der Waals surface area contributed by atoms with E-state index >= 15 is 0 Å². The smallest absolute Gasteiger partial charge is 0.259 e. The van der Waals surface area contributed by atoms with Gasteiger partial charge in [-0.05, 0) is 25.1 Å². The molecule has 0 bridgehead atoms. The molecule has 0 amide bonds. The van der Waals surface area contributed by atoms with Crippen molar-refractivity contribution in [1.82, 2.24) is 14.9 Å². The van der Waals surface area contributed by atoms with Gasteiger partial charge in [0.1, 0.15) is 5.75 Å². The maximum atomic E-state index is 13.1. The highest BCUT2D eigenvalue weighted by Crippen LogP contribution is 2.28. The molecule has 0 saturated heterocycles. The summed E-state index contributed by atoms with van der Waals surface area (Å²) in [5.74, 6) is 1.14. The summed E-state index contributed by atoms with van der Waals surface area (Å²) in [6.07, 6.45) is 0. The van der Waals surface area contributed by atoms with Crippen LogP contribution in [0, 0.1) is 6.92 Å². The molecular weight excluding hydrogens is 414 g/mol. The molecule has 3 aromatic carbocycles. The predicted octanol–water partition coefficient (Wildman–Crippen LogP) is 4.20. The summed E-state index contributed by atoms with van der Waals surface area (Å²) in [4.78, 5) is 4.47. The van der Waals surface area contributed by atoms with Crippen molar-refractivity contribution in [2.75, 3.05) is 7.11 Å². The average Bonchev–Trinajstić information content (AvgIpc) is 3.28. The van der Waals surface area contributed by atoms with E-state index in [1.165, 1.54) is 6.07 Å². The first kappa shape index (κ1) is 20.8. The van der Waals surface area contributed by atoms with Crippen LogP contribution < -0.4 is 9.46 Å². The minimum absolute atomic E-state index is 0.0593. The summed E-state index contributed by atoms with van der Waals surface area (Å²) in [5.41, 5.74) is 2.96. The maximum absolute atomic E-state index is 13.1. The number of hydrogen-bond donors (Lipinski definition) is 1. The molecule has 0 spiro atoms. The summed E-state index contributed by atoms with van der Waals surface area (Å²) >= 11 is 0. The molecule has 0 aliphatic rings. The van der Waals surface area contributed by atoms with Crippen molar-refractivity contribution >= 4 is 10.0 Å². The maximum Gasteiger partial charge on any atom is 0.259 e. The molecule has 7 nitrogen and oxygen atoms in total. The van der Waals surface area contributed by atoms with Crippen LogP contribution in [0.25, 0.3) is 22.8 Å². The first-order valence-corrected chi connectivity index (χ1v) is 11.1. The minimum atomic E-state index is -3.86. The summed E-state index contributed by atoms with van der Waals surface area (Å²) in [5, 5.41) is 4.01. The van der Waals surface area contributed by atoms with Gasteiger partial charge < -0.3 is 9.26 Å². The summed E-state index contributed by atoms with van der Waals surface area (Å²) in [7, 11) is -2.31. The topological polar surface area (TPSA) is 94.3 Å². The van der Waals surface area contributed by atoms with Gasteiger partial charge in [0.25, 0.3) is 5.89 Å². The van der Waals surface area contributed by atoms with E-state index < -0.39 is 10.0 Å². The fourth-order valence-corrected chi connectivity index (χ4v) is 4.33. The number of ether oxygens (including phenoxy) is 1. The van der Waals surface area contributed by atoms with Crippen LogP contribution in [-0.2, 0) is 16.6 Å². The van der Waals surface area contributed by atoms with Crippen LogP contribution >= 0.6 is 0 Å².